The van der Waals surface area contributed by atoms with Crippen molar-refractivity contribution in [3.63, 3.8) is 0 Å². The Bertz CT molecular complexity index is 538. The van der Waals surface area contributed by atoms with Gasteiger partial charge in [-0.15, -0.1) is 0 Å². The van der Waals surface area contributed by atoms with Gasteiger partial charge in [0.2, 0.25) is 0 Å². The van der Waals surface area contributed by atoms with Crippen molar-refractivity contribution in [2.24, 2.45) is 5.73 Å². The van der Waals surface area contributed by atoms with E-state index in [0.29, 0.717) is 0 Å². The molecule has 0 amide bonds. The molecular formula is C13H13NO2. The molecule has 0 bridgehead atoms. The minimum atomic E-state index is -0.617. The zero-order chi connectivity index (χ0) is 11.1. The van der Waals surface area contributed by atoms with Crippen molar-refractivity contribution >= 4 is 10.8 Å². The van der Waals surface area contributed by atoms with Gasteiger partial charge in [-0.05, 0) is 5.39 Å². The first kappa shape index (κ1) is 9.63. The number of hydrogen-bond acceptors (Lipinski definition) is 3. The number of ether oxygens (including phenoxy) is 1. The smallest absolute Gasteiger partial charge is 0.132 e. The summed E-state index contributed by atoms with van der Waals surface area (Å²) in [5.41, 5.74) is 6.84. The van der Waals surface area contributed by atoms with E-state index in [-0.39, 0.29) is 12.6 Å². The van der Waals surface area contributed by atoms with E-state index in [4.69, 9.17) is 10.5 Å². The topological polar surface area (TPSA) is 55.5 Å². The average Bonchev–Trinajstić information content (AvgIpc) is 2.33. The summed E-state index contributed by atoms with van der Waals surface area (Å²) in [4.78, 5) is 0. The molecule has 0 radical (unpaired) electrons. The Morgan fingerprint density at radius 3 is 2.88 bits per heavy atom. The van der Waals surface area contributed by atoms with Gasteiger partial charge in [0.25, 0.3) is 0 Å². The first-order chi connectivity index (χ1) is 7.77. The van der Waals surface area contributed by atoms with Gasteiger partial charge in [-0.25, -0.2) is 0 Å². The molecule has 2 aromatic rings. The average molecular weight is 215 g/mol. The van der Waals surface area contributed by atoms with Crippen molar-refractivity contribution in [2.45, 2.75) is 12.1 Å². The van der Waals surface area contributed by atoms with Crippen LogP contribution in [0.1, 0.15) is 11.6 Å². The molecule has 3 nitrogen and oxygen atoms in total. The van der Waals surface area contributed by atoms with Crippen LogP contribution in [0, 0.1) is 0 Å². The third kappa shape index (κ3) is 1.29. The molecule has 0 fully saturated rings. The fourth-order valence-corrected chi connectivity index (χ4v) is 2.16. The fraction of sp³-hybridized carbons (Fsp3) is 0.231. The van der Waals surface area contributed by atoms with Crippen LogP contribution in [0.3, 0.4) is 0 Å². The molecule has 1 aliphatic rings. The number of hydrogen-bond donors (Lipinski definition) is 2. The van der Waals surface area contributed by atoms with Crippen molar-refractivity contribution in [1.29, 1.82) is 0 Å². The van der Waals surface area contributed by atoms with Crippen LogP contribution >= 0.6 is 0 Å². The SMILES string of the molecule is NC1c2ccc3ccccc3c2OCC1O. The lowest BCUT2D eigenvalue weighted by molar-refractivity contribution is 0.0689. The van der Waals surface area contributed by atoms with Crippen LogP contribution in [0.2, 0.25) is 0 Å². The Morgan fingerprint density at radius 2 is 2.00 bits per heavy atom. The second-order valence-electron chi connectivity index (χ2n) is 4.11. The molecule has 0 spiro atoms. The van der Waals surface area contributed by atoms with Crippen LogP contribution in [-0.2, 0) is 0 Å². The first-order valence-electron chi connectivity index (χ1n) is 5.35. The van der Waals surface area contributed by atoms with E-state index in [2.05, 4.69) is 0 Å². The monoisotopic (exact) mass is 215 g/mol. The van der Waals surface area contributed by atoms with Crippen LogP contribution in [0.15, 0.2) is 36.4 Å². The van der Waals surface area contributed by atoms with Gasteiger partial charge in [0, 0.05) is 10.9 Å². The van der Waals surface area contributed by atoms with Crippen LogP contribution < -0.4 is 10.5 Å². The molecule has 1 heterocycles. The van der Waals surface area contributed by atoms with Gasteiger partial charge < -0.3 is 15.6 Å². The standard InChI is InChI=1S/C13H13NO2/c14-12-10-6-5-8-3-1-2-4-9(8)13(10)16-7-11(12)15/h1-6,11-12,15H,7,14H2. The van der Waals surface area contributed by atoms with Crippen molar-refractivity contribution in [3.8, 4) is 5.75 Å². The largest absolute Gasteiger partial charge is 0.490 e. The number of aliphatic hydroxyl groups is 1. The summed E-state index contributed by atoms with van der Waals surface area (Å²) in [6, 6.07) is 11.6. The highest BCUT2D eigenvalue weighted by atomic mass is 16.5. The third-order valence-electron chi connectivity index (χ3n) is 3.08. The number of rotatable bonds is 0. The lowest BCUT2D eigenvalue weighted by atomic mass is 9.95. The summed E-state index contributed by atoms with van der Waals surface area (Å²) < 4.78 is 5.59. The normalized spacial score (nSPS) is 23.9. The summed E-state index contributed by atoms with van der Waals surface area (Å²) in [6.07, 6.45) is -0.617. The third-order valence-corrected chi connectivity index (χ3v) is 3.08. The highest BCUT2D eigenvalue weighted by Gasteiger charge is 2.27. The highest BCUT2D eigenvalue weighted by molar-refractivity contribution is 5.90. The van der Waals surface area contributed by atoms with Crippen LogP contribution in [0.25, 0.3) is 10.8 Å². The van der Waals surface area contributed by atoms with E-state index in [1.807, 2.05) is 36.4 Å². The highest BCUT2D eigenvalue weighted by Crippen LogP contribution is 2.36. The van der Waals surface area contributed by atoms with Crippen molar-refractivity contribution in [2.75, 3.05) is 6.61 Å². The zero-order valence-corrected chi connectivity index (χ0v) is 8.76. The van der Waals surface area contributed by atoms with Crippen LogP contribution in [0.5, 0.6) is 5.75 Å². The number of aliphatic hydroxyl groups excluding tert-OH is 1. The Balaban J connectivity index is 2.27. The molecule has 0 saturated carbocycles. The van der Waals surface area contributed by atoms with Gasteiger partial charge in [-0.1, -0.05) is 36.4 Å². The molecule has 2 atom stereocenters. The van der Waals surface area contributed by atoms with E-state index in [1.54, 1.807) is 0 Å². The summed E-state index contributed by atoms with van der Waals surface area (Å²) in [5.74, 6) is 0.816. The molecule has 3 heteroatoms. The van der Waals surface area contributed by atoms with Gasteiger partial charge >= 0.3 is 0 Å². The van der Waals surface area contributed by atoms with Gasteiger partial charge in [-0.3, -0.25) is 0 Å². The molecule has 2 unspecified atom stereocenters. The maximum absolute atomic E-state index is 9.65. The zero-order valence-electron chi connectivity index (χ0n) is 8.76. The Hall–Kier alpha value is -1.58. The van der Waals surface area contributed by atoms with Gasteiger partial charge in [0.05, 0.1) is 6.04 Å². The predicted octanol–water partition coefficient (Wildman–Crippen LogP) is 1.59. The predicted molar refractivity (Wildman–Crippen MR) is 62.4 cm³/mol. The molecule has 2 aromatic carbocycles. The van der Waals surface area contributed by atoms with Crippen molar-refractivity contribution < 1.29 is 9.84 Å². The lowest BCUT2D eigenvalue weighted by Gasteiger charge is -2.28. The molecule has 0 saturated heterocycles. The summed E-state index contributed by atoms with van der Waals surface area (Å²) >= 11 is 0. The number of nitrogens with two attached hydrogens (primary N) is 1. The summed E-state index contributed by atoms with van der Waals surface area (Å²) in [6.45, 7) is 0.266. The molecule has 0 aromatic heterocycles. The first-order valence-corrected chi connectivity index (χ1v) is 5.35. The van der Waals surface area contributed by atoms with E-state index in [9.17, 15) is 5.11 Å². The fourth-order valence-electron chi connectivity index (χ4n) is 2.16. The minimum absolute atomic E-state index is 0.266. The molecule has 3 N–H and O–H groups in total. The maximum atomic E-state index is 9.65. The second kappa shape index (κ2) is 3.47. The van der Waals surface area contributed by atoms with Crippen molar-refractivity contribution in [1.82, 2.24) is 0 Å². The maximum Gasteiger partial charge on any atom is 0.132 e. The molecule has 16 heavy (non-hydrogen) atoms. The van der Waals surface area contributed by atoms with Gasteiger partial charge in [0.1, 0.15) is 18.5 Å². The molecule has 0 aliphatic carbocycles. The second-order valence-corrected chi connectivity index (χ2v) is 4.11. The van der Waals surface area contributed by atoms with Gasteiger partial charge in [0.15, 0.2) is 0 Å². The number of benzene rings is 2. The quantitative estimate of drug-likeness (QED) is 0.701. The molecule has 1 aliphatic heterocycles. The molecular weight excluding hydrogens is 202 g/mol. The number of fused-ring (bicyclic) bond motifs is 3. The van der Waals surface area contributed by atoms with E-state index < -0.39 is 6.10 Å². The summed E-state index contributed by atoms with van der Waals surface area (Å²) in [5, 5.41) is 11.8. The summed E-state index contributed by atoms with van der Waals surface area (Å²) in [7, 11) is 0. The minimum Gasteiger partial charge on any atom is -0.490 e. The van der Waals surface area contributed by atoms with E-state index >= 15 is 0 Å². The Kier molecular flexibility index (Phi) is 2.09. The van der Waals surface area contributed by atoms with Gasteiger partial charge in [-0.2, -0.15) is 0 Å². The van der Waals surface area contributed by atoms with Crippen LogP contribution in [0.4, 0.5) is 0 Å². The lowest BCUT2D eigenvalue weighted by Crippen LogP contribution is -2.35. The van der Waals surface area contributed by atoms with Crippen molar-refractivity contribution in [3.05, 3.63) is 42.0 Å². The molecule has 3 rings (SSSR count). The molecule has 82 valence electrons. The Morgan fingerprint density at radius 1 is 1.19 bits per heavy atom. The van der Waals surface area contributed by atoms with E-state index in [1.165, 1.54) is 0 Å². The van der Waals surface area contributed by atoms with E-state index in [0.717, 1.165) is 22.1 Å². The Labute approximate surface area is 93.4 Å². The van der Waals surface area contributed by atoms with Crippen LogP contribution in [-0.4, -0.2) is 17.8 Å².